The summed E-state index contributed by atoms with van der Waals surface area (Å²) in [5.41, 5.74) is 0.219. The van der Waals surface area contributed by atoms with Crippen LogP contribution >= 0.6 is 0 Å². The molecular weight excluding hydrogens is 302 g/mol. The van der Waals surface area contributed by atoms with Crippen molar-refractivity contribution in [1.29, 1.82) is 0 Å². The maximum atomic E-state index is 12.2. The minimum absolute atomic E-state index is 0.149. The minimum atomic E-state index is -1.11. The number of amides is 1. The van der Waals surface area contributed by atoms with Gasteiger partial charge in [-0.25, -0.2) is 0 Å². The predicted molar refractivity (Wildman–Crippen MR) is 93.0 cm³/mol. The van der Waals surface area contributed by atoms with Crippen LogP contribution in [-0.2, 0) is 5.60 Å². The molecule has 1 fully saturated rings. The van der Waals surface area contributed by atoms with E-state index < -0.39 is 5.60 Å². The Kier molecular flexibility index (Phi) is 4.86. The molecule has 126 valence electrons. The summed E-state index contributed by atoms with van der Waals surface area (Å²) in [5, 5.41) is 13.3. The van der Waals surface area contributed by atoms with E-state index in [2.05, 4.69) is 5.32 Å². The molecule has 4 nitrogen and oxygen atoms in total. The molecule has 1 saturated carbocycles. The zero-order chi connectivity index (χ0) is 17.0. The molecule has 1 atom stereocenters. The molecule has 0 bridgehead atoms. The molecule has 0 spiro atoms. The van der Waals surface area contributed by atoms with Gasteiger partial charge in [0, 0.05) is 5.56 Å². The normalized spacial score (nSPS) is 16.2. The number of benzene rings is 2. The molecule has 1 unspecified atom stereocenters. The van der Waals surface area contributed by atoms with Gasteiger partial charge < -0.3 is 15.2 Å². The van der Waals surface area contributed by atoms with Gasteiger partial charge in [0.1, 0.15) is 11.4 Å². The number of aliphatic hydroxyl groups is 1. The largest absolute Gasteiger partial charge is 0.493 e. The van der Waals surface area contributed by atoms with E-state index >= 15 is 0 Å². The Bertz CT molecular complexity index is 676. The Morgan fingerprint density at radius 1 is 1.17 bits per heavy atom. The number of rotatable bonds is 7. The van der Waals surface area contributed by atoms with Gasteiger partial charge in [-0.1, -0.05) is 30.3 Å². The molecule has 0 saturated heterocycles. The van der Waals surface area contributed by atoms with Crippen LogP contribution in [0, 0.1) is 5.92 Å². The fraction of sp³-hybridized carbons (Fsp3) is 0.350. The molecule has 0 aromatic heterocycles. The number of nitrogens with one attached hydrogen (secondary N) is 1. The Morgan fingerprint density at radius 3 is 2.46 bits per heavy atom. The smallest absolute Gasteiger partial charge is 0.251 e. The Balaban J connectivity index is 1.54. The van der Waals surface area contributed by atoms with Crippen molar-refractivity contribution in [3.63, 3.8) is 0 Å². The van der Waals surface area contributed by atoms with Crippen LogP contribution in [0.5, 0.6) is 5.75 Å². The highest BCUT2D eigenvalue weighted by Crippen LogP contribution is 2.29. The first-order valence-corrected chi connectivity index (χ1v) is 8.33. The van der Waals surface area contributed by atoms with Gasteiger partial charge in [-0.05, 0) is 55.5 Å². The molecule has 1 aliphatic carbocycles. The fourth-order valence-electron chi connectivity index (χ4n) is 2.45. The highest BCUT2D eigenvalue weighted by molar-refractivity contribution is 5.94. The first-order valence-electron chi connectivity index (χ1n) is 8.33. The van der Waals surface area contributed by atoms with E-state index in [4.69, 9.17) is 4.74 Å². The van der Waals surface area contributed by atoms with Gasteiger partial charge in [-0.15, -0.1) is 0 Å². The lowest BCUT2D eigenvalue weighted by molar-refractivity contribution is 0.0526. The van der Waals surface area contributed by atoms with Crippen LogP contribution in [0.15, 0.2) is 54.6 Å². The van der Waals surface area contributed by atoms with Crippen LogP contribution in [-0.4, -0.2) is 24.2 Å². The summed E-state index contributed by atoms with van der Waals surface area (Å²) in [6, 6.07) is 16.4. The Morgan fingerprint density at radius 2 is 1.83 bits per heavy atom. The standard InChI is InChI=1S/C20H23NO3/c1-20(23,17-5-3-2-4-6-17)14-21-19(22)16-9-11-18(12-10-16)24-13-15-7-8-15/h2-6,9-12,15,23H,7-8,13-14H2,1H3,(H,21,22). The lowest BCUT2D eigenvalue weighted by Gasteiger charge is -2.24. The van der Waals surface area contributed by atoms with Crippen molar-refractivity contribution in [2.75, 3.05) is 13.2 Å². The van der Waals surface area contributed by atoms with Crippen LogP contribution in [0.1, 0.15) is 35.7 Å². The average Bonchev–Trinajstić information content (AvgIpc) is 3.44. The SMILES string of the molecule is CC(O)(CNC(=O)c1ccc(OCC2CC2)cc1)c1ccccc1. The van der Waals surface area contributed by atoms with E-state index in [1.54, 1.807) is 19.1 Å². The van der Waals surface area contributed by atoms with Gasteiger partial charge in [0.25, 0.3) is 5.91 Å². The van der Waals surface area contributed by atoms with E-state index in [1.807, 2.05) is 42.5 Å². The second-order valence-corrected chi connectivity index (χ2v) is 6.60. The van der Waals surface area contributed by atoms with Crippen LogP contribution in [0.4, 0.5) is 0 Å². The summed E-state index contributed by atoms with van der Waals surface area (Å²) < 4.78 is 5.67. The van der Waals surface area contributed by atoms with Crippen molar-refractivity contribution in [3.8, 4) is 5.75 Å². The predicted octanol–water partition coefficient (Wildman–Crippen LogP) is 3.11. The zero-order valence-electron chi connectivity index (χ0n) is 13.9. The van der Waals surface area contributed by atoms with Gasteiger partial charge >= 0.3 is 0 Å². The third-order valence-electron chi connectivity index (χ3n) is 4.29. The number of ether oxygens (including phenoxy) is 1. The molecule has 2 aromatic carbocycles. The van der Waals surface area contributed by atoms with Crippen molar-refractivity contribution < 1.29 is 14.6 Å². The van der Waals surface area contributed by atoms with E-state index in [-0.39, 0.29) is 12.5 Å². The second-order valence-electron chi connectivity index (χ2n) is 6.60. The van der Waals surface area contributed by atoms with Gasteiger partial charge in [0.2, 0.25) is 0 Å². The van der Waals surface area contributed by atoms with Crippen molar-refractivity contribution in [2.45, 2.75) is 25.4 Å². The van der Waals surface area contributed by atoms with Gasteiger partial charge in [-0.2, -0.15) is 0 Å². The summed E-state index contributed by atoms with van der Waals surface area (Å²) >= 11 is 0. The molecule has 4 heteroatoms. The zero-order valence-corrected chi connectivity index (χ0v) is 13.9. The van der Waals surface area contributed by atoms with Crippen molar-refractivity contribution in [1.82, 2.24) is 5.32 Å². The lowest BCUT2D eigenvalue weighted by Crippen LogP contribution is -2.38. The summed E-state index contributed by atoms with van der Waals surface area (Å²) in [6.07, 6.45) is 2.50. The summed E-state index contributed by atoms with van der Waals surface area (Å²) in [5.74, 6) is 1.28. The molecule has 0 radical (unpaired) electrons. The first kappa shape index (κ1) is 16.5. The number of hydrogen-bond donors (Lipinski definition) is 2. The molecule has 0 heterocycles. The Hall–Kier alpha value is -2.33. The van der Waals surface area contributed by atoms with Gasteiger partial charge in [-0.3, -0.25) is 4.79 Å². The molecule has 3 rings (SSSR count). The number of carbonyl (C=O) groups excluding carboxylic acids is 1. The van der Waals surface area contributed by atoms with Crippen LogP contribution in [0.3, 0.4) is 0 Å². The summed E-state index contributed by atoms with van der Waals surface area (Å²) in [7, 11) is 0. The van der Waals surface area contributed by atoms with E-state index in [0.717, 1.165) is 17.9 Å². The van der Waals surface area contributed by atoms with Crippen LogP contribution in [0.25, 0.3) is 0 Å². The Labute approximate surface area is 142 Å². The molecule has 2 aromatic rings. The highest BCUT2D eigenvalue weighted by Gasteiger charge is 2.24. The number of carbonyl (C=O) groups is 1. The van der Waals surface area contributed by atoms with Crippen molar-refractivity contribution in [3.05, 3.63) is 65.7 Å². The molecule has 1 aliphatic rings. The molecule has 24 heavy (non-hydrogen) atoms. The average molecular weight is 325 g/mol. The van der Waals surface area contributed by atoms with E-state index in [9.17, 15) is 9.90 Å². The molecule has 0 aliphatic heterocycles. The maximum Gasteiger partial charge on any atom is 0.251 e. The quantitative estimate of drug-likeness (QED) is 0.822. The molecular formula is C20H23NO3. The third kappa shape index (κ3) is 4.36. The maximum absolute atomic E-state index is 12.2. The van der Waals surface area contributed by atoms with E-state index in [1.165, 1.54) is 12.8 Å². The van der Waals surface area contributed by atoms with Crippen LogP contribution in [0.2, 0.25) is 0 Å². The summed E-state index contributed by atoms with van der Waals surface area (Å²) in [4.78, 5) is 12.2. The molecule has 1 amide bonds. The first-order chi connectivity index (χ1) is 11.5. The summed E-state index contributed by atoms with van der Waals surface area (Å²) in [6.45, 7) is 2.60. The second kappa shape index (κ2) is 7.05. The number of hydrogen-bond acceptors (Lipinski definition) is 3. The lowest BCUT2D eigenvalue weighted by atomic mass is 9.96. The van der Waals surface area contributed by atoms with E-state index in [0.29, 0.717) is 11.5 Å². The minimum Gasteiger partial charge on any atom is -0.493 e. The van der Waals surface area contributed by atoms with Crippen LogP contribution < -0.4 is 10.1 Å². The topological polar surface area (TPSA) is 58.6 Å². The fourth-order valence-corrected chi connectivity index (χ4v) is 2.45. The van der Waals surface area contributed by atoms with Gasteiger partial charge in [0.15, 0.2) is 0 Å². The van der Waals surface area contributed by atoms with Crippen molar-refractivity contribution in [2.24, 2.45) is 5.92 Å². The monoisotopic (exact) mass is 325 g/mol. The third-order valence-corrected chi connectivity index (χ3v) is 4.29. The highest BCUT2D eigenvalue weighted by atomic mass is 16.5. The molecule has 2 N–H and O–H groups in total. The van der Waals surface area contributed by atoms with Crippen molar-refractivity contribution >= 4 is 5.91 Å². The van der Waals surface area contributed by atoms with Gasteiger partial charge in [0.05, 0.1) is 13.2 Å².